The van der Waals surface area contributed by atoms with Crippen LogP contribution in [0.1, 0.15) is 31.2 Å². The number of hydrogen-bond acceptors (Lipinski definition) is 3. The molecule has 1 aromatic carbocycles. The van der Waals surface area contributed by atoms with E-state index in [1.807, 2.05) is 31.2 Å². The Morgan fingerprint density at radius 1 is 1.23 bits per heavy atom. The summed E-state index contributed by atoms with van der Waals surface area (Å²) in [4.78, 5) is 26.5. The summed E-state index contributed by atoms with van der Waals surface area (Å²) < 4.78 is 0. The number of amides is 2. The van der Waals surface area contributed by atoms with Crippen molar-refractivity contribution in [1.82, 2.24) is 5.32 Å². The Kier molecular flexibility index (Phi) is 4.16. The largest absolute Gasteiger partial charge is 0.344 e. The summed E-state index contributed by atoms with van der Waals surface area (Å²) in [7, 11) is 0. The highest BCUT2D eigenvalue weighted by atomic mass is 16.2. The highest BCUT2D eigenvalue weighted by Gasteiger charge is 2.36. The van der Waals surface area contributed by atoms with Gasteiger partial charge in [0, 0.05) is 24.2 Å². The van der Waals surface area contributed by atoms with Crippen molar-refractivity contribution in [1.29, 1.82) is 0 Å². The quantitative estimate of drug-likeness (QED) is 0.884. The van der Waals surface area contributed by atoms with Crippen molar-refractivity contribution in [2.24, 2.45) is 11.7 Å². The molecule has 1 saturated carbocycles. The van der Waals surface area contributed by atoms with Gasteiger partial charge in [-0.3, -0.25) is 9.59 Å². The fourth-order valence-corrected chi connectivity index (χ4v) is 3.34. The fraction of sp³-hybridized carbons (Fsp3) is 0.529. The summed E-state index contributed by atoms with van der Waals surface area (Å²) in [6, 6.07) is 7.62. The fourth-order valence-electron chi connectivity index (χ4n) is 3.34. The molecule has 0 radical (unpaired) electrons. The molecule has 0 spiro atoms. The third-order valence-corrected chi connectivity index (χ3v) is 4.71. The minimum atomic E-state index is -0.398. The van der Waals surface area contributed by atoms with Gasteiger partial charge in [0.25, 0.3) is 0 Å². The first-order valence-electron chi connectivity index (χ1n) is 7.98. The van der Waals surface area contributed by atoms with Gasteiger partial charge in [0.2, 0.25) is 11.8 Å². The van der Waals surface area contributed by atoms with Crippen molar-refractivity contribution < 1.29 is 9.59 Å². The Hall–Kier alpha value is -1.88. The molecule has 2 aliphatic rings. The molecule has 3 unspecified atom stereocenters. The Morgan fingerprint density at radius 2 is 1.95 bits per heavy atom. The van der Waals surface area contributed by atoms with Gasteiger partial charge in [-0.25, -0.2) is 0 Å². The molecule has 3 rings (SSSR count). The molecule has 5 nitrogen and oxygen atoms in total. The molecule has 1 aliphatic carbocycles. The molecule has 1 saturated heterocycles. The zero-order valence-corrected chi connectivity index (χ0v) is 12.9. The number of nitrogens with two attached hydrogens (primary N) is 1. The van der Waals surface area contributed by atoms with Crippen LogP contribution >= 0.6 is 0 Å². The summed E-state index contributed by atoms with van der Waals surface area (Å²) in [5.74, 6) is -0.0622. The van der Waals surface area contributed by atoms with E-state index in [0.717, 1.165) is 30.5 Å². The van der Waals surface area contributed by atoms with Gasteiger partial charge in [0.1, 0.15) is 6.04 Å². The molecule has 2 fully saturated rings. The Labute approximate surface area is 130 Å². The van der Waals surface area contributed by atoms with Crippen molar-refractivity contribution in [2.45, 2.75) is 44.7 Å². The van der Waals surface area contributed by atoms with Crippen LogP contribution < -0.4 is 16.0 Å². The predicted molar refractivity (Wildman–Crippen MR) is 85.4 cm³/mol. The lowest BCUT2D eigenvalue weighted by Crippen LogP contribution is -2.43. The number of hydrogen-bond donors (Lipinski definition) is 2. The van der Waals surface area contributed by atoms with Crippen molar-refractivity contribution >= 4 is 17.5 Å². The second kappa shape index (κ2) is 6.08. The maximum Gasteiger partial charge on any atom is 0.249 e. The van der Waals surface area contributed by atoms with Crippen LogP contribution in [-0.4, -0.2) is 30.4 Å². The molecule has 22 heavy (non-hydrogen) atoms. The van der Waals surface area contributed by atoms with Gasteiger partial charge in [0.05, 0.1) is 0 Å². The number of rotatable bonds is 3. The standard InChI is InChI=1S/C17H23N3O2/c1-11-2-6-14(7-3-11)20-9-8-15(17(20)22)19-16(21)12-4-5-13(18)10-12/h2-3,6-7,12-13,15H,4-5,8-10,18H2,1H3,(H,19,21). The van der Waals surface area contributed by atoms with Crippen molar-refractivity contribution in [3.05, 3.63) is 29.8 Å². The summed E-state index contributed by atoms with van der Waals surface area (Å²) >= 11 is 0. The van der Waals surface area contributed by atoms with Gasteiger partial charge >= 0.3 is 0 Å². The highest BCUT2D eigenvalue weighted by Crippen LogP contribution is 2.26. The van der Waals surface area contributed by atoms with E-state index in [9.17, 15) is 9.59 Å². The van der Waals surface area contributed by atoms with Crippen molar-refractivity contribution in [2.75, 3.05) is 11.4 Å². The van der Waals surface area contributed by atoms with E-state index in [1.54, 1.807) is 4.90 Å². The van der Waals surface area contributed by atoms with Crippen LogP contribution in [0.15, 0.2) is 24.3 Å². The van der Waals surface area contributed by atoms with Crippen LogP contribution in [0.3, 0.4) is 0 Å². The van der Waals surface area contributed by atoms with Gasteiger partial charge in [-0.05, 0) is 44.7 Å². The molecule has 1 aliphatic heterocycles. The van der Waals surface area contributed by atoms with Crippen LogP contribution in [-0.2, 0) is 9.59 Å². The SMILES string of the molecule is Cc1ccc(N2CCC(NC(=O)C3CCC(N)C3)C2=O)cc1. The average molecular weight is 301 g/mol. The molecular weight excluding hydrogens is 278 g/mol. The summed E-state index contributed by atoms with van der Waals surface area (Å²) in [5.41, 5.74) is 7.92. The number of nitrogens with zero attached hydrogens (tertiary/aromatic N) is 1. The lowest BCUT2D eigenvalue weighted by molar-refractivity contribution is -0.129. The number of carbonyl (C=O) groups excluding carboxylic acids is 2. The lowest BCUT2D eigenvalue weighted by Gasteiger charge is -2.18. The van der Waals surface area contributed by atoms with Gasteiger partial charge < -0.3 is 16.0 Å². The van der Waals surface area contributed by atoms with E-state index in [4.69, 9.17) is 5.73 Å². The minimum Gasteiger partial charge on any atom is -0.344 e. The second-order valence-electron chi connectivity index (χ2n) is 6.45. The number of nitrogens with one attached hydrogen (secondary N) is 1. The molecular formula is C17H23N3O2. The minimum absolute atomic E-state index is 0.0144. The number of carbonyl (C=O) groups is 2. The van der Waals surface area contributed by atoms with E-state index in [-0.39, 0.29) is 23.8 Å². The summed E-state index contributed by atoms with van der Waals surface area (Å²) in [6.07, 6.45) is 3.12. The van der Waals surface area contributed by atoms with Crippen LogP contribution in [0.4, 0.5) is 5.69 Å². The third kappa shape index (κ3) is 2.99. The zero-order valence-electron chi connectivity index (χ0n) is 12.9. The van der Waals surface area contributed by atoms with Gasteiger partial charge in [-0.1, -0.05) is 17.7 Å². The first-order valence-corrected chi connectivity index (χ1v) is 7.98. The Morgan fingerprint density at radius 3 is 2.59 bits per heavy atom. The molecule has 2 amide bonds. The van der Waals surface area contributed by atoms with E-state index in [2.05, 4.69) is 5.32 Å². The molecule has 3 N–H and O–H groups in total. The Balaban J connectivity index is 1.61. The molecule has 3 atom stereocenters. The lowest BCUT2D eigenvalue weighted by atomic mass is 10.1. The van der Waals surface area contributed by atoms with Crippen molar-refractivity contribution in [3.8, 4) is 0 Å². The maximum atomic E-state index is 12.5. The van der Waals surface area contributed by atoms with E-state index in [0.29, 0.717) is 13.0 Å². The zero-order chi connectivity index (χ0) is 15.7. The van der Waals surface area contributed by atoms with Gasteiger partial charge in [-0.15, -0.1) is 0 Å². The van der Waals surface area contributed by atoms with Crippen LogP contribution in [0.25, 0.3) is 0 Å². The molecule has 0 aromatic heterocycles. The highest BCUT2D eigenvalue weighted by molar-refractivity contribution is 6.01. The van der Waals surface area contributed by atoms with E-state index >= 15 is 0 Å². The normalized spacial score (nSPS) is 28.2. The third-order valence-electron chi connectivity index (χ3n) is 4.71. The van der Waals surface area contributed by atoms with Gasteiger partial charge in [-0.2, -0.15) is 0 Å². The number of aryl methyl sites for hydroxylation is 1. The second-order valence-corrected chi connectivity index (χ2v) is 6.45. The van der Waals surface area contributed by atoms with E-state index in [1.165, 1.54) is 0 Å². The molecule has 5 heteroatoms. The Bertz CT molecular complexity index is 570. The summed E-state index contributed by atoms with van der Waals surface area (Å²) in [5, 5.41) is 2.92. The topological polar surface area (TPSA) is 75.4 Å². The molecule has 118 valence electrons. The smallest absolute Gasteiger partial charge is 0.249 e. The number of anilines is 1. The predicted octanol–water partition coefficient (Wildman–Crippen LogP) is 1.34. The monoisotopic (exact) mass is 301 g/mol. The molecule has 1 aromatic rings. The van der Waals surface area contributed by atoms with Gasteiger partial charge in [0.15, 0.2) is 0 Å². The summed E-state index contributed by atoms with van der Waals surface area (Å²) in [6.45, 7) is 2.67. The maximum absolute atomic E-state index is 12.5. The van der Waals surface area contributed by atoms with Crippen molar-refractivity contribution in [3.63, 3.8) is 0 Å². The van der Waals surface area contributed by atoms with Crippen LogP contribution in [0, 0.1) is 12.8 Å². The first-order chi connectivity index (χ1) is 10.5. The van der Waals surface area contributed by atoms with E-state index < -0.39 is 6.04 Å². The average Bonchev–Trinajstić information content (AvgIpc) is 3.08. The van der Waals surface area contributed by atoms with Crippen LogP contribution in [0.5, 0.6) is 0 Å². The number of benzene rings is 1. The van der Waals surface area contributed by atoms with Crippen LogP contribution in [0.2, 0.25) is 0 Å². The molecule has 0 bridgehead atoms. The molecule has 1 heterocycles. The first kappa shape index (κ1) is 15.0.